The van der Waals surface area contributed by atoms with Crippen molar-refractivity contribution in [2.24, 2.45) is 5.41 Å². The number of fused-ring (bicyclic) bond motifs is 4. The predicted molar refractivity (Wildman–Crippen MR) is 241 cm³/mol. The Kier molecular flexibility index (Phi) is 12.6. The van der Waals surface area contributed by atoms with Crippen molar-refractivity contribution in [2.45, 2.75) is 84.0 Å². The van der Waals surface area contributed by atoms with Crippen LogP contribution in [0.4, 0.5) is 0 Å². The van der Waals surface area contributed by atoms with Gasteiger partial charge in [0, 0.05) is 30.5 Å². The van der Waals surface area contributed by atoms with E-state index in [1.807, 2.05) is 29.5 Å². The maximum Gasteiger partial charge on any atom is 0.0774 e. The van der Waals surface area contributed by atoms with Gasteiger partial charge in [0.25, 0.3) is 0 Å². The van der Waals surface area contributed by atoms with Crippen LogP contribution in [0.15, 0.2) is 115 Å². The minimum atomic E-state index is -1.90. The standard InChI is InChI=1S/C31H27N2S.C19H26GeN.Ir/c1-19(2)22-11-9-12-23(20(3)4)30(22)33-27-14-7-6-13-26(27)32-31(33)21-16-17-29-25(18-21)24-10-5-8-15-28(24)34-29;1-19(2,3)13-16-12-18(15-10-8-7-9-11-15)21-14-17(16)20(4,5)6;/h5-15,17-20H,1-4H3;7-10,12,14H,13H2,1-6H3;/q2*-1;. The van der Waals surface area contributed by atoms with Gasteiger partial charge in [0.1, 0.15) is 0 Å². The molecule has 56 heavy (non-hydrogen) atoms. The molecule has 0 saturated heterocycles. The van der Waals surface area contributed by atoms with Crippen LogP contribution in [0.5, 0.6) is 0 Å². The number of hydrogen-bond acceptors (Lipinski definition) is 3. The van der Waals surface area contributed by atoms with Crippen molar-refractivity contribution in [1.82, 2.24) is 14.5 Å². The first kappa shape index (κ1) is 41.8. The van der Waals surface area contributed by atoms with Gasteiger partial charge in [-0.2, -0.15) is 11.3 Å². The molecule has 0 aliphatic rings. The van der Waals surface area contributed by atoms with E-state index in [4.69, 9.17) is 9.97 Å². The summed E-state index contributed by atoms with van der Waals surface area (Å²) in [5, 5.41) is 2.57. The zero-order valence-corrected chi connectivity index (χ0v) is 39.7. The molecule has 5 aromatic carbocycles. The van der Waals surface area contributed by atoms with Crippen LogP contribution in [0.25, 0.3) is 59.5 Å². The van der Waals surface area contributed by atoms with Gasteiger partial charge in [0.15, 0.2) is 0 Å². The molecule has 0 aliphatic heterocycles. The Hall–Kier alpha value is -3.87. The zero-order valence-electron chi connectivity index (χ0n) is 34.4. The predicted octanol–water partition coefficient (Wildman–Crippen LogP) is 13.8. The first-order valence-corrected chi connectivity index (χ1v) is 27.8. The van der Waals surface area contributed by atoms with Crippen molar-refractivity contribution in [2.75, 3.05) is 0 Å². The summed E-state index contributed by atoms with van der Waals surface area (Å²) in [6.45, 7) is 16.0. The molecule has 1 radical (unpaired) electrons. The van der Waals surface area contributed by atoms with Gasteiger partial charge < -0.3 is 4.57 Å². The van der Waals surface area contributed by atoms with E-state index in [1.165, 1.54) is 46.9 Å². The molecule has 8 aromatic rings. The first-order chi connectivity index (χ1) is 26.2. The van der Waals surface area contributed by atoms with E-state index in [9.17, 15) is 0 Å². The fourth-order valence-electron chi connectivity index (χ4n) is 7.59. The summed E-state index contributed by atoms with van der Waals surface area (Å²) in [6, 6.07) is 45.5. The average molecular weight is 993 g/mol. The molecule has 0 saturated carbocycles. The number of benzene rings is 5. The Morgan fingerprint density at radius 1 is 0.732 bits per heavy atom. The van der Waals surface area contributed by atoms with Gasteiger partial charge in [-0.25, -0.2) is 0 Å². The number of pyridine rings is 1. The van der Waals surface area contributed by atoms with Crippen LogP contribution in [0.1, 0.15) is 77.0 Å². The Morgan fingerprint density at radius 3 is 2.07 bits per heavy atom. The van der Waals surface area contributed by atoms with Gasteiger partial charge in [0.05, 0.1) is 16.9 Å². The van der Waals surface area contributed by atoms with Crippen molar-refractivity contribution in [1.29, 1.82) is 0 Å². The molecule has 0 N–H and O–H groups in total. The molecule has 0 unspecified atom stereocenters. The smallest absolute Gasteiger partial charge is 0.0774 e. The number of thiophene rings is 1. The second-order valence-electron chi connectivity index (χ2n) is 17.6. The van der Waals surface area contributed by atoms with Crippen LogP contribution < -0.4 is 4.40 Å². The third kappa shape index (κ3) is 8.82. The molecule has 0 aliphatic carbocycles. The van der Waals surface area contributed by atoms with Gasteiger partial charge in [-0.3, -0.25) is 4.98 Å². The number of rotatable bonds is 7. The Labute approximate surface area is 354 Å². The van der Waals surface area contributed by atoms with Crippen LogP contribution in [-0.4, -0.2) is 27.8 Å². The Bertz CT molecular complexity index is 2580. The summed E-state index contributed by atoms with van der Waals surface area (Å²) < 4.78 is 6.48. The van der Waals surface area contributed by atoms with Crippen LogP contribution in [0.3, 0.4) is 0 Å². The number of nitrogens with zero attached hydrogens (tertiary/aromatic N) is 3. The molecule has 6 heteroatoms. The fraction of sp³-hybridized carbons (Fsp3) is 0.280. The van der Waals surface area contributed by atoms with E-state index in [0.717, 1.165) is 40.1 Å². The van der Waals surface area contributed by atoms with Crippen molar-refractivity contribution >= 4 is 60.2 Å². The third-order valence-corrected chi connectivity index (χ3v) is 15.6. The number of imidazole rings is 1. The Morgan fingerprint density at radius 2 is 1.41 bits per heavy atom. The molecule has 0 fully saturated rings. The van der Waals surface area contributed by atoms with Crippen molar-refractivity contribution in [3.8, 4) is 28.3 Å². The van der Waals surface area contributed by atoms with Gasteiger partial charge in [-0.05, 0) is 51.2 Å². The van der Waals surface area contributed by atoms with Crippen molar-refractivity contribution < 1.29 is 20.1 Å². The van der Waals surface area contributed by atoms with Gasteiger partial charge in [0.2, 0.25) is 0 Å². The average Bonchev–Trinajstić information content (AvgIpc) is 3.72. The first-order valence-electron chi connectivity index (χ1n) is 19.6. The molecule has 3 nitrogen and oxygen atoms in total. The summed E-state index contributed by atoms with van der Waals surface area (Å²) in [5.41, 5.74) is 11.0. The summed E-state index contributed by atoms with van der Waals surface area (Å²) in [4.78, 5) is 9.89. The second-order valence-corrected chi connectivity index (χ2v) is 29.2. The molecule has 0 spiro atoms. The topological polar surface area (TPSA) is 30.7 Å². The normalized spacial score (nSPS) is 12.0. The summed E-state index contributed by atoms with van der Waals surface area (Å²) in [6.07, 6.45) is 3.24. The fourth-order valence-corrected chi connectivity index (χ4v) is 12.0. The van der Waals surface area contributed by atoms with E-state index in [1.54, 1.807) is 0 Å². The number of para-hydroxylation sites is 3. The minimum Gasteiger partial charge on any atom is -0.333 e. The number of aromatic nitrogens is 3. The minimum absolute atomic E-state index is 0. The molecule has 3 aromatic heterocycles. The van der Waals surface area contributed by atoms with Crippen molar-refractivity contribution in [3.05, 3.63) is 144 Å². The SMILES string of the molecule is CC(C)(C)Cc1cc(-c2[c-]cccc2)nc[c]1[Ge]([CH3])([CH3])[CH3].CC(C)c1cccc(C(C)C)c1-n1c(-c2[c-]cc3sc4ccccc4c3c2)nc2ccccc21.[Ir]. The maximum absolute atomic E-state index is 5.17. The van der Waals surface area contributed by atoms with E-state index in [0.29, 0.717) is 17.3 Å². The van der Waals surface area contributed by atoms with Gasteiger partial charge >= 0.3 is 132 Å². The molecular formula is C50H53GeIrN3S-2. The molecule has 0 bridgehead atoms. The molecule has 0 atom stereocenters. The number of hydrogen-bond donors (Lipinski definition) is 0. The quantitative estimate of drug-likeness (QED) is 0.118. The van der Waals surface area contributed by atoms with E-state index in [2.05, 4.69) is 180 Å². The van der Waals surface area contributed by atoms with Crippen LogP contribution >= 0.6 is 11.3 Å². The molecular weight excluding hydrogens is 939 g/mol. The van der Waals surface area contributed by atoms with Crippen molar-refractivity contribution in [3.63, 3.8) is 0 Å². The molecule has 289 valence electrons. The molecule has 3 heterocycles. The van der Waals surface area contributed by atoms with Crippen LogP contribution in [0, 0.1) is 17.5 Å². The molecule has 0 amide bonds. The van der Waals surface area contributed by atoms with Crippen LogP contribution in [0.2, 0.25) is 17.3 Å². The maximum atomic E-state index is 5.17. The second kappa shape index (κ2) is 16.9. The monoisotopic (exact) mass is 994 g/mol. The van der Waals surface area contributed by atoms with Gasteiger partial charge in [-0.15, -0.1) is 23.8 Å². The summed E-state index contributed by atoms with van der Waals surface area (Å²) in [7, 11) is 0. The van der Waals surface area contributed by atoms with E-state index in [-0.39, 0.29) is 20.1 Å². The largest absolute Gasteiger partial charge is 0.333 e. The van der Waals surface area contributed by atoms with Crippen LogP contribution in [-0.2, 0) is 26.5 Å². The van der Waals surface area contributed by atoms with E-state index >= 15 is 0 Å². The van der Waals surface area contributed by atoms with E-state index < -0.39 is 13.3 Å². The third-order valence-electron chi connectivity index (χ3n) is 10.2. The van der Waals surface area contributed by atoms with Gasteiger partial charge in [-0.1, -0.05) is 81.6 Å². The Balaban J connectivity index is 0.000000209. The molecule has 8 rings (SSSR count). The summed E-state index contributed by atoms with van der Waals surface area (Å²) >= 11 is -0.0709. The zero-order chi connectivity index (χ0) is 39.1. The summed E-state index contributed by atoms with van der Waals surface area (Å²) in [5.74, 6) is 9.07.